The molecule has 0 amide bonds. The highest BCUT2D eigenvalue weighted by atomic mass is 16.5. The number of rotatable bonds is 13. The highest BCUT2D eigenvalue weighted by Gasteiger charge is 2.01. The van der Waals surface area contributed by atoms with Crippen LogP contribution >= 0.6 is 0 Å². The second-order valence-corrected chi connectivity index (χ2v) is 6.91. The fourth-order valence-electron chi connectivity index (χ4n) is 2.90. The largest absolute Gasteiger partial charge is 0.490 e. The van der Waals surface area contributed by atoms with Gasteiger partial charge >= 0.3 is 0 Å². The number of aromatic nitrogens is 1. The average molecular weight is 368 g/mol. The Morgan fingerprint density at radius 3 is 2.85 bits per heavy atom. The van der Waals surface area contributed by atoms with Crippen molar-refractivity contribution in [3.63, 3.8) is 0 Å². The van der Waals surface area contributed by atoms with Crippen LogP contribution in [0.3, 0.4) is 0 Å². The summed E-state index contributed by atoms with van der Waals surface area (Å²) in [5, 5.41) is 1.09. The van der Waals surface area contributed by atoms with Gasteiger partial charge in [0, 0.05) is 12.0 Å². The van der Waals surface area contributed by atoms with Gasteiger partial charge in [-0.25, -0.2) is 4.98 Å². The van der Waals surface area contributed by atoms with Crippen LogP contribution in [0.2, 0.25) is 0 Å². The van der Waals surface area contributed by atoms with Crippen LogP contribution in [0.1, 0.15) is 58.1 Å². The van der Waals surface area contributed by atoms with E-state index in [9.17, 15) is 0 Å². The zero-order valence-corrected chi connectivity index (χ0v) is 16.8. The molecular weight excluding hydrogens is 334 g/mol. The van der Waals surface area contributed by atoms with Gasteiger partial charge in [-0.2, -0.15) is 0 Å². The molecule has 0 radical (unpaired) electrons. The summed E-state index contributed by atoms with van der Waals surface area (Å²) in [6, 6.07) is 10.1. The van der Waals surface area contributed by atoms with E-state index in [-0.39, 0.29) is 0 Å². The number of pyridine rings is 1. The first-order chi connectivity index (χ1) is 13.2. The number of hydrogen-bond donors (Lipinski definition) is 0. The second-order valence-electron chi connectivity index (χ2n) is 6.91. The lowest BCUT2D eigenvalue weighted by Crippen LogP contribution is -2.08. The Balaban J connectivity index is 1.76. The van der Waals surface area contributed by atoms with Gasteiger partial charge in [-0.05, 0) is 62.9 Å². The standard InChI is InChI=1S/C24H33NO2/c1-4-6-10-18-26-20(3)11-8-7-9-12-22-14-13-21-19-23(27-17-5-2)15-16-24(21)25-22/h5,9,12-16,19-20H,2,4,6-8,10-11,17-18H2,1,3H3. The van der Waals surface area contributed by atoms with Crippen molar-refractivity contribution in [3.05, 3.63) is 54.8 Å². The van der Waals surface area contributed by atoms with Crippen LogP contribution < -0.4 is 4.74 Å². The summed E-state index contributed by atoms with van der Waals surface area (Å²) < 4.78 is 11.4. The summed E-state index contributed by atoms with van der Waals surface area (Å²) in [5.74, 6) is 0.846. The Hall–Kier alpha value is -2.13. The minimum absolute atomic E-state index is 0.353. The molecule has 3 nitrogen and oxygen atoms in total. The molecule has 1 heterocycles. The lowest BCUT2D eigenvalue weighted by molar-refractivity contribution is 0.0566. The molecular formula is C24H33NO2. The topological polar surface area (TPSA) is 31.4 Å². The van der Waals surface area contributed by atoms with Crippen LogP contribution in [0.25, 0.3) is 17.0 Å². The minimum Gasteiger partial charge on any atom is -0.490 e. The van der Waals surface area contributed by atoms with Crippen LogP contribution in [0.15, 0.2) is 49.1 Å². The van der Waals surface area contributed by atoms with E-state index in [2.05, 4.69) is 44.7 Å². The SMILES string of the molecule is C=CCOc1ccc2nc(C=CCCCC(C)OCCCCC)ccc2c1. The van der Waals surface area contributed by atoms with Crippen molar-refractivity contribution in [2.75, 3.05) is 13.2 Å². The number of nitrogens with zero attached hydrogens (tertiary/aromatic N) is 1. The van der Waals surface area contributed by atoms with Crippen molar-refractivity contribution in [2.45, 2.75) is 58.5 Å². The van der Waals surface area contributed by atoms with Crippen molar-refractivity contribution in [2.24, 2.45) is 0 Å². The second kappa shape index (κ2) is 12.3. The number of fused-ring (bicyclic) bond motifs is 1. The molecule has 3 heteroatoms. The van der Waals surface area contributed by atoms with E-state index in [1.54, 1.807) is 6.08 Å². The van der Waals surface area contributed by atoms with Crippen molar-refractivity contribution in [3.8, 4) is 5.75 Å². The number of hydrogen-bond acceptors (Lipinski definition) is 3. The molecule has 0 bridgehead atoms. The van der Waals surface area contributed by atoms with Crippen LogP contribution in [-0.4, -0.2) is 24.3 Å². The summed E-state index contributed by atoms with van der Waals surface area (Å²) >= 11 is 0. The smallest absolute Gasteiger partial charge is 0.120 e. The predicted molar refractivity (Wildman–Crippen MR) is 115 cm³/mol. The summed E-state index contributed by atoms with van der Waals surface area (Å²) in [6.07, 6.45) is 13.4. The van der Waals surface area contributed by atoms with Crippen LogP contribution in [-0.2, 0) is 4.74 Å². The Kier molecular flexibility index (Phi) is 9.64. The number of allylic oxidation sites excluding steroid dienone is 1. The molecule has 0 fully saturated rings. The molecule has 2 rings (SSSR count). The van der Waals surface area contributed by atoms with Crippen molar-refractivity contribution in [1.82, 2.24) is 4.98 Å². The molecule has 0 aliphatic carbocycles. The van der Waals surface area contributed by atoms with Crippen LogP contribution in [0.4, 0.5) is 0 Å². The van der Waals surface area contributed by atoms with Crippen molar-refractivity contribution >= 4 is 17.0 Å². The van der Waals surface area contributed by atoms with Gasteiger partial charge in [0.05, 0.1) is 17.3 Å². The first kappa shape index (κ1) is 21.2. The number of benzene rings is 1. The van der Waals surface area contributed by atoms with E-state index in [1.165, 1.54) is 19.3 Å². The minimum atomic E-state index is 0.353. The molecule has 0 saturated heterocycles. The number of unbranched alkanes of at least 4 members (excludes halogenated alkanes) is 3. The molecule has 27 heavy (non-hydrogen) atoms. The van der Waals surface area contributed by atoms with E-state index in [1.807, 2.05) is 18.2 Å². The quantitative estimate of drug-likeness (QED) is 0.296. The predicted octanol–water partition coefficient (Wildman–Crippen LogP) is 6.58. The van der Waals surface area contributed by atoms with E-state index in [0.29, 0.717) is 12.7 Å². The van der Waals surface area contributed by atoms with Gasteiger partial charge in [0.1, 0.15) is 12.4 Å². The van der Waals surface area contributed by atoms with Gasteiger partial charge in [-0.1, -0.05) is 44.6 Å². The molecule has 1 atom stereocenters. The van der Waals surface area contributed by atoms with Gasteiger partial charge < -0.3 is 9.47 Å². The molecule has 146 valence electrons. The van der Waals surface area contributed by atoms with Crippen LogP contribution in [0.5, 0.6) is 5.75 Å². The Bertz CT molecular complexity index is 723. The molecule has 1 unspecified atom stereocenters. The fraction of sp³-hybridized carbons (Fsp3) is 0.458. The summed E-state index contributed by atoms with van der Waals surface area (Å²) in [5.41, 5.74) is 1.98. The van der Waals surface area contributed by atoms with Crippen LogP contribution in [0, 0.1) is 0 Å². The average Bonchev–Trinajstić information content (AvgIpc) is 2.69. The Labute approximate surface area is 164 Å². The Morgan fingerprint density at radius 2 is 2.04 bits per heavy atom. The van der Waals surface area contributed by atoms with E-state index >= 15 is 0 Å². The van der Waals surface area contributed by atoms with Crippen molar-refractivity contribution in [1.29, 1.82) is 0 Å². The third kappa shape index (κ3) is 7.96. The highest BCUT2D eigenvalue weighted by molar-refractivity contribution is 5.81. The highest BCUT2D eigenvalue weighted by Crippen LogP contribution is 2.20. The van der Waals surface area contributed by atoms with Gasteiger partial charge in [-0.3, -0.25) is 0 Å². The zero-order valence-electron chi connectivity index (χ0n) is 16.8. The molecule has 0 aliphatic rings. The number of ether oxygens (including phenoxy) is 2. The molecule has 0 saturated carbocycles. The fourth-order valence-corrected chi connectivity index (χ4v) is 2.90. The van der Waals surface area contributed by atoms with Gasteiger partial charge in [0.2, 0.25) is 0 Å². The summed E-state index contributed by atoms with van der Waals surface area (Å²) in [6.45, 7) is 9.47. The maximum Gasteiger partial charge on any atom is 0.120 e. The molecule has 0 spiro atoms. The maximum atomic E-state index is 5.84. The summed E-state index contributed by atoms with van der Waals surface area (Å²) in [4.78, 5) is 4.70. The van der Waals surface area contributed by atoms with Crippen molar-refractivity contribution < 1.29 is 9.47 Å². The van der Waals surface area contributed by atoms with E-state index in [0.717, 1.165) is 48.2 Å². The van der Waals surface area contributed by atoms with E-state index < -0.39 is 0 Å². The van der Waals surface area contributed by atoms with Gasteiger partial charge in [0.25, 0.3) is 0 Å². The summed E-state index contributed by atoms with van der Waals surface area (Å²) in [7, 11) is 0. The lowest BCUT2D eigenvalue weighted by Gasteiger charge is -2.11. The molecule has 0 N–H and O–H groups in total. The first-order valence-electron chi connectivity index (χ1n) is 10.2. The third-order valence-corrected chi connectivity index (χ3v) is 4.47. The molecule has 2 aromatic rings. The zero-order chi connectivity index (χ0) is 19.3. The first-order valence-corrected chi connectivity index (χ1v) is 10.2. The molecule has 1 aromatic carbocycles. The monoisotopic (exact) mass is 367 g/mol. The van der Waals surface area contributed by atoms with Gasteiger partial charge in [0.15, 0.2) is 0 Å². The lowest BCUT2D eigenvalue weighted by atomic mass is 10.1. The van der Waals surface area contributed by atoms with Gasteiger partial charge in [-0.15, -0.1) is 0 Å². The van der Waals surface area contributed by atoms with E-state index in [4.69, 9.17) is 14.5 Å². The molecule has 0 aliphatic heterocycles. The third-order valence-electron chi connectivity index (χ3n) is 4.47. The Morgan fingerprint density at radius 1 is 1.15 bits per heavy atom. The molecule has 1 aromatic heterocycles. The normalized spacial score (nSPS) is 12.5. The maximum absolute atomic E-state index is 5.84.